The first kappa shape index (κ1) is 14.6. The lowest BCUT2D eigenvalue weighted by Crippen LogP contribution is -2.38. The summed E-state index contributed by atoms with van der Waals surface area (Å²) in [6.07, 6.45) is 2.10. The van der Waals surface area contributed by atoms with E-state index in [1.165, 1.54) is 0 Å². The van der Waals surface area contributed by atoms with Gasteiger partial charge in [0.2, 0.25) is 0 Å². The lowest BCUT2D eigenvalue weighted by molar-refractivity contribution is -0.124. The first-order chi connectivity index (χ1) is 9.37. The third kappa shape index (κ3) is 3.60. The monoisotopic (exact) mass is 300 g/mol. The van der Waals surface area contributed by atoms with Crippen LogP contribution in [0.3, 0.4) is 0 Å². The fraction of sp³-hybridized carbons (Fsp3) is 0.500. The van der Waals surface area contributed by atoms with Crippen molar-refractivity contribution in [1.29, 1.82) is 0 Å². The molecule has 2 rings (SSSR count). The number of nitrogens with one attached hydrogen (secondary N) is 1. The second-order valence-corrected chi connectivity index (χ2v) is 6.98. The summed E-state index contributed by atoms with van der Waals surface area (Å²) in [6, 6.07) is 2.89. The molecule has 0 unspecified atom stereocenters. The van der Waals surface area contributed by atoms with E-state index in [2.05, 4.69) is 5.32 Å². The second-order valence-electron chi connectivity index (χ2n) is 4.75. The van der Waals surface area contributed by atoms with Gasteiger partial charge in [0.25, 0.3) is 5.91 Å². The van der Waals surface area contributed by atoms with E-state index < -0.39 is 28.3 Å². The topological polar surface area (TPSA) is 94.5 Å². The van der Waals surface area contributed by atoms with E-state index >= 15 is 0 Å². The summed E-state index contributed by atoms with van der Waals surface area (Å²) in [7, 11) is -1.34. The molecule has 0 saturated carbocycles. The highest BCUT2D eigenvalue weighted by Gasteiger charge is 2.29. The van der Waals surface area contributed by atoms with Gasteiger partial charge in [-0.05, 0) is 18.6 Å². The zero-order valence-electron chi connectivity index (χ0n) is 11.0. The fourth-order valence-corrected chi connectivity index (χ4v) is 3.73. The van der Waals surface area contributed by atoms with Crippen molar-refractivity contribution in [3.05, 3.63) is 24.0 Å². The summed E-state index contributed by atoms with van der Waals surface area (Å²) < 4.78 is 28.9. The van der Waals surface area contributed by atoms with Gasteiger partial charge in [-0.2, -0.15) is 0 Å². The number of hydrogen-bond acceptors (Lipinski definition) is 5. The second kappa shape index (κ2) is 5.66. The van der Waals surface area contributed by atoms with Crippen LogP contribution in [0.15, 0.2) is 18.3 Å². The Kier molecular flexibility index (Phi) is 4.12. The molecule has 0 aliphatic carbocycles. The highest BCUT2D eigenvalue weighted by Crippen LogP contribution is 2.11. The Hall–Kier alpha value is -1.83. The Labute approximate surface area is 116 Å². The molecule has 1 saturated heterocycles. The van der Waals surface area contributed by atoms with E-state index in [4.69, 9.17) is 4.74 Å². The first-order valence-corrected chi connectivity index (χ1v) is 7.98. The highest BCUT2D eigenvalue weighted by molar-refractivity contribution is 7.91. The number of sulfone groups is 1. The van der Waals surface area contributed by atoms with Crippen LogP contribution in [0.5, 0.6) is 0 Å². The number of aryl methyl sites for hydroxylation is 1. The summed E-state index contributed by atoms with van der Waals surface area (Å²) >= 11 is 0. The van der Waals surface area contributed by atoms with Crippen molar-refractivity contribution in [3.8, 4) is 0 Å². The number of carbonyl (C=O) groups is 2. The van der Waals surface area contributed by atoms with Crippen molar-refractivity contribution in [1.82, 2.24) is 9.88 Å². The van der Waals surface area contributed by atoms with E-state index in [0.29, 0.717) is 12.1 Å². The zero-order valence-corrected chi connectivity index (χ0v) is 11.9. The van der Waals surface area contributed by atoms with Crippen molar-refractivity contribution in [2.24, 2.45) is 7.05 Å². The van der Waals surface area contributed by atoms with Crippen LogP contribution in [0.1, 0.15) is 16.9 Å². The molecule has 0 radical (unpaired) electrons. The average Bonchev–Trinajstić information content (AvgIpc) is 2.92. The molecule has 1 amide bonds. The average molecular weight is 300 g/mol. The van der Waals surface area contributed by atoms with Crippen LogP contribution >= 0.6 is 0 Å². The van der Waals surface area contributed by atoms with E-state index in [1.807, 2.05) is 0 Å². The van der Waals surface area contributed by atoms with Crippen LogP contribution in [-0.4, -0.2) is 49.0 Å². The molecule has 1 fully saturated rings. The van der Waals surface area contributed by atoms with Gasteiger partial charge in [-0.3, -0.25) is 4.79 Å². The highest BCUT2D eigenvalue weighted by atomic mass is 32.2. The molecule has 20 heavy (non-hydrogen) atoms. The SMILES string of the molecule is Cn1cccc1C(=O)OCC(=O)N[C@@H]1CCS(=O)(=O)C1. The van der Waals surface area contributed by atoms with Crippen molar-refractivity contribution < 1.29 is 22.7 Å². The van der Waals surface area contributed by atoms with Gasteiger partial charge in [-0.1, -0.05) is 0 Å². The molecule has 1 aliphatic rings. The molecule has 1 aromatic rings. The molecule has 1 aromatic heterocycles. The molecule has 1 N–H and O–H groups in total. The Morgan fingerprint density at radius 1 is 1.50 bits per heavy atom. The first-order valence-electron chi connectivity index (χ1n) is 6.15. The van der Waals surface area contributed by atoms with Gasteiger partial charge in [0.05, 0.1) is 11.5 Å². The number of carbonyl (C=O) groups excluding carboxylic acids is 2. The maximum absolute atomic E-state index is 11.7. The Morgan fingerprint density at radius 3 is 2.80 bits per heavy atom. The van der Waals surface area contributed by atoms with Crippen LogP contribution in [0.2, 0.25) is 0 Å². The van der Waals surface area contributed by atoms with Gasteiger partial charge >= 0.3 is 5.97 Å². The Balaban J connectivity index is 1.79. The number of nitrogens with zero attached hydrogens (tertiary/aromatic N) is 1. The molecule has 1 aliphatic heterocycles. The Bertz CT molecular complexity index is 620. The maximum atomic E-state index is 11.7. The maximum Gasteiger partial charge on any atom is 0.355 e. The molecule has 0 bridgehead atoms. The number of amides is 1. The van der Waals surface area contributed by atoms with Gasteiger partial charge < -0.3 is 14.6 Å². The number of hydrogen-bond donors (Lipinski definition) is 1. The van der Waals surface area contributed by atoms with Gasteiger partial charge in [0, 0.05) is 19.3 Å². The van der Waals surface area contributed by atoms with Crippen LogP contribution in [0.25, 0.3) is 0 Å². The summed E-state index contributed by atoms with van der Waals surface area (Å²) in [4.78, 5) is 23.2. The Morgan fingerprint density at radius 2 is 2.25 bits per heavy atom. The van der Waals surface area contributed by atoms with Crippen LogP contribution in [-0.2, 0) is 26.4 Å². The summed E-state index contributed by atoms with van der Waals surface area (Å²) in [5.74, 6) is -1.05. The smallest absolute Gasteiger partial charge is 0.355 e. The summed E-state index contributed by atoms with van der Waals surface area (Å²) in [5, 5.41) is 2.55. The number of rotatable bonds is 4. The molecule has 0 spiro atoms. The molecule has 1 atom stereocenters. The minimum Gasteiger partial charge on any atom is -0.451 e. The predicted molar refractivity (Wildman–Crippen MR) is 70.9 cm³/mol. The molecule has 0 aromatic carbocycles. The third-order valence-electron chi connectivity index (χ3n) is 3.08. The molecular formula is C12H16N2O5S. The largest absolute Gasteiger partial charge is 0.451 e. The lowest BCUT2D eigenvalue weighted by Gasteiger charge is -2.11. The lowest BCUT2D eigenvalue weighted by atomic mass is 10.2. The minimum atomic E-state index is -3.04. The van der Waals surface area contributed by atoms with Crippen molar-refractivity contribution >= 4 is 21.7 Å². The van der Waals surface area contributed by atoms with Crippen molar-refractivity contribution in [2.75, 3.05) is 18.1 Å². The molecule has 110 valence electrons. The van der Waals surface area contributed by atoms with E-state index in [9.17, 15) is 18.0 Å². The van der Waals surface area contributed by atoms with E-state index in [0.717, 1.165) is 0 Å². The fourth-order valence-electron chi connectivity index (χ4n) is 2.06. The summed E-state index contributed by atoms with van der Waals surface area (Å²) in [6.45, 7) is -0.416. The van der Waals surface area contributed by atoms with Crippen molar-refractivity contribution in [2.45, 2.75) is 12.5 Å². The van der Waals surface area contributed by atoms with E-state index in [-0.39, 0.29) is 17.5 Å². The third-order valence-corrected chi connectivity index (χ3v) is 4.85. The minimum absolute atomic E-state index is 0.0511. The molecule has 7 nitrogen and oxygen atoms in total. The van der Waals surface area contributed by atoms with Crippen LogP contribution in [0.4, 0.5) is 0 Å². The molecular weight excluding hydrogens is 284 g/mol. The molecule has 2 heterocycles. The normalized spacial score (nSPS) is 20.6. The van der Waals surface area contributed by atoms with Gasteiger partial charge in [0.1, 0.15) is 5.69 Å². The van der Waals surface area contributed by atoms with Crippen molar-refractivity contribution in [3.63, 3.8) is 0 Å². The standard InChI is InChI=1S/C12H16N2O5S/c1-14-5-2-3-10(14)12(16)19-7-11(15)13-9-4-6-20(17,18)8-9/h2-3,5,9H,4,6-8H2,1H3,(H,13,15)/t9-/m1/s1. The zero-order chi connectivity index (χ0) is 14.8. The number of ether oxygens (including phenoxy) is 1. The number of aromatic nitrogens is 1. The predicted octanol–water partition coefficient (Wildman–Crippen LogP) is -0.515. The van der Waals surface area contributed by atoms with Gasteiger partial charge in [-0.25, -0.2) is 13.2 Å². The van der Waals surface area contributed by atoms with E-state index in [1.54, 1.807) is 29.9 Å². The van der Waals surface area contributed by atoms with Gasteiger partial charge in [0.15, 0.2) is 16.4 Å². The van der Waals surface area contributed by atoms with Crippen LogP contribution in [0, 0.1) is 0 Å². The van der Waals surface area contributed by atoms with Crippen LogP contribution < -0.4 is 5.32 Å². The van der Waals surface area contributed by atoms with Gasteiger partial charge in [-0.15, -0.1) is 0 Å². The molecule has 8 heteroatoms. The number of esters is 1. The quantitative estimate of drug-likeness (QED) is 0.755. The summed E-state index contributed by atoms with van der Waals surface area (Å²) in [5.41, 5.74) is 0.348.